The van der Waals surface area contributed by atoms with Gasteiger partial charge >= 0.3 is 17.7 Å². The van der Waals surface area contributed by atoms with Crippen molar-refractivity contribution in [2.24, 2.45) is 5.14 Å². The molecule has 0 atom stereocenters. The molecular formula is C39H31F7N9O8S2+. The molecule has 0 bridgehead atoms. The van der Waals surface area contributed by atoms with Gasteiger partial charge in [0.1, 0.15) is 41.7 Å². The van der Waals surface area contributed by atoms with Crippen LogP contribution in [0.5, 0.6) is 11.8 Å². The monoisotopic (exact) mass is 950 g/mol. The Hall–Kier alpha value is -6.93. The van der Waals surface area contributed by atoms with Crippen LogP contribution >= 0.6 is 0 Å². The number of ether oxygens (including phenoxy) is 2. The summed E-state index contributed by atoms with van der Waals surface area (Å²) in [5.41, 5.74) is -2.30. The Balaban J connectivity index is 1.20. The zero-order valence-corrected chi connectivity index (χ0v) is 35.1. The minimum Gasteiger partial charge on any atom is -0.481 e. The van der Waals surface area contributed by atoms with Gasteiger partial charge in [0.05, 0.1) is 59.4 Å². The van der Waals surface area contributed by atoms with Crippen LogP contribution in [0.3, 0.4) is 0 Å². The molecule has 4 aromatic heterocycles. The van der Waals surface area contributed by atoms with Gasteiger partial charge in [-0.2, -0.15) is 26.6 Å². The standard InChI is InChI=1S/C39H31F7N9O8S2/c1-62-32-5-3-21-35-23(13-48-37(21)49-32)31(56)7-8-52(35)14-24-28(42)11-20(12-29(24)43)65(60,61)51-55-16-30-36(22-4-6-33(63-2)50-38(22)55)54(34(57)17-53(30)18-39(44,45)46)15-25-26(40)9-19(10-27(25)41)64(47,58)59/h3-6,9-13,16,51H,7-8,14-15,17-18H2,1-2H3,(H2,47,58,59)/q+1. The van der Waals surface area contributed by atoms with Crippen LogP contribution < -0.4 is 38.8 Å². The van der Waals surface area contributed by atoms with Gasteiger partial charge < -0.3 is 24.2 Å². The number of hydrogen-bond donors (Lipinski definition) is 2. The number of anilines is 3. The van der Waals surface area contributed by atoms with E-state index in [0.29, 0.717) is 44.1 Å². The van der Waals surface area contributed by atoms with Crippen LogP contribution in [0.25, 0.3) is 22.1 Å². The fourth-order valence-electron chi connectivity index (χ4n) is 7.52. The number of Topliss-reactive ketones (excluding diaryl/α,β-unsaturated/α-hetero) is 1. The lowest BCUT2D eigenvalue weighted by Crippen LogP contribution is -2.53. The number of carbonyl (C=O) groups is 2. The second-order valence-corrected chi connectivity index (χ2v) is 17.8. The van der Waals surface area contributed by atoms with E-state index >= 15 is 17.6 Å². The van der Waals surface area contributed by atoms with Crippen LogP contribution in [-0.2, 0) is 37.9 Å². The number of aromatic nitrogens is 4. The van der Waals surface area contributed by atoms with E-state index in [2.05, 4.69) is 15.0 Å². The lowest BCUT2D eigenvalue weighted by molar-refractivity contribution is -0.610. The molecule has 17 nitrogen and oxygen atoms in total. The molecular weight excluding hydrogens is 920 g/mol. The topological polar surface area (TPSA) is 211 Å². The van der Waals surface area contributed by atoms with E-state index in [1.54, 1.807) is 6.07 Å². The number of sulfonamides is 2. The summed E-state index contributed by atoms with van der Waals surface area (Å²) < 4.78 is 167. The van der Waals surface area contributed by atoms with Gasteiger partial charge in [-0.05, 0) is 36.4 Å². The van der Waals surface area contributed by atoms with E-state index in [9.17, 15) is 39.6 Å². The molecule has 0 radical (unpaired) electrons. The summed E-state index contributed by atoms with van der Waals surface area (Å²) in [6.45, 7) is -4.36. The maximum atomic E-state index is 16.0. The van der Waals surface area contributed by atoms with Crippen molar-refractivity contribution in [2.45, 2.75) is 35.5 Å². The number of rotatable bonds is 11. The molecule has 6 heterocycles. The van der Waals surface area contributed by atoms with Crippen molar-refractivity contribution >= 4 is 70.9 Å². The predicted molar refractivity (Wildman–Crippen MR) is 215 cm³/mol. The number of alkyl halides is 3. The van der Waals surface area contributed by atoms with Gasteiger partial charge in [-0.3, -0.25) is 9.59 Å². The highest BCUT2D eigenvalue weighted by molar-refractivity contribution is 7.92. The van der Waals surface area contributed by atoms with Crippen LogP contribution in [0.15, 0.2) is 70.7 Å². The number of ketones is 1. The van der Waals surface area contributed by atoms with Crippen molar-refractivity contribution in [3.8, 4) is 11.8 Å². The van der Waals surface area contributed by atoms with Gasteiger partial charge in [0.15, 0.2) is 11.4 Å². The van der Waals surface area contributed by atoms with Crippen LogP contribution in [-0.4, -0.2) is 83.5 Å². The quantitative estimate of drug-likeness (QED) is 0.138. The summed E-state index contributed by atoms with van der Waals surface area (Å²) in [5.74, 6) is -7.01. The van der Waals surface area contributed by atoms with Gasteiger partial charge in [-0.1, -0.05) is 0 Å². The molecule has 340 valence electrons. The SMILES string of the molecule is COc1ccc2c3c(cnc2n1)C(=O)CCN3Cc1c(F)cc(S(=O)(=O)N[n+]2cc3c(c4ccc(OC)nc42)N(Cc2c(F)cc(S(N)(=O)=O)cc2F)C(=O)CN3CC(F)(F)F)cc1F. The first kappa shape index (κ1) is 44.7. The van der Waals surface area contributed by atoms with Gasteiger partial charge in [-0.15, -0.1) is 9.51 Å². The average Bonchev–Trinajstić information content (AvgIpc) is 3.23. The van der Waals surface area contributed by atoms with Crippen molar-refractivity contribution in [3.63, 3.8) is 0 Å². The Bertz CT molecular complexity index is 3190. The maximum absolute atomic E-state index is 16.0. The third kappa shape index (κ3) is 8.46. The number of amides is 1. The first-order valence-electron chi connectivity index (χ1n) is 18.8. The molecule has 6 aromatic rings. The summed E-state index contributed by atoms with van der Waals surface area (Å²) in [6.07, 6.45) is -2.96. The molecule has 0 saturated heterocycles. The molecule has 0 fully saturated rings. The van der Waals surface area contributed by atoms with Gasteiger partial charge in [0, 0.05) is 59.3 Å². The van der Waals surface area contributed by atoms with E-state index in [4.69, 9.17) is 14.6 Å². The number of nitrogens with two attached hydrogens (primary N) is 1. The smallest absolute Gasteiger partial charge is 0.405 e. The molecule has 65 heavy (non-hydrogen) atoms. The van der Waals surface area contributed by atoms with Crippen LogP contribution in [0.4, 0.5) is 47.8 Å². The molecule has 2 aromatic carbocycles. The Morgan fingerprint density at radius 3 is 1.98 bits per heavy atom. The fourth-order valence-corrected chi connectivity index (χ4v) is 9.08. The highest BCUT2D eigenvalue weighted by Gasteiger charge is 2.41. The summed E-state index contributed by atoms with van der Waals surface area (Å²) >= 11 is 0. The molecule has 1 amide bonds. The zero-order valence-electron chi connectivity index (χ0n) is 33.5. The highest BCUT2D eigenvalue weighted by Crippen LogP contribution is 2.41. The largest absolute Gasteiger partial charge is 0.481 e. The number of fused-ring (bicyclic) bond motifs is 6. The van der Waals surface area contributed by atoms with E-state index in [-0.39, 0.29) is 52.8 Å². The molecule has 0 unspecified atom stereocenters. The van der Waals surface area contributed by atoms with E-state index < -0.39 is 120 Å². The number of primary sulfonamides is 1. The number of pyridine rings is 4. The Morgan fingerprint density at radius 2 is 1.38 bits per heavy atom. The van der Waals surface area contributed by atoms with Gasteiger partial charge in [-0.25, -0.2) is 36.1 Å². The van der Waals surface area contributed by atoms with Crippen molar-refractivity contribution in [2.75, 3.05) is 53.4 Å². The predicted octanol–water partition coefficient (Wildman–Crippen LogP) is 4.13. The maximum Gasteiger partial charge on any atom is 0.405 e. The van der Waals surface area contributed by atoms with Crippen molar-refractivity contribution in [1.82, 2.24) is 15.0 Å². The molecule has 26 heteroatoms. The minimum absolute atomic E-state index is 0.0130. The first-order valence-corrected chi connectivity index (χ1v) is 21.8. The van der Waals surface area contributed by atoms with E-state index in [0.717, 1.165) is 12.3 Å². The average molecular weight is 951 g/mol. The molecule has 0 aliphatic carbocycles. The summed E-state index contributed by atoms with van der Waals surface area (Å²) in [5, 5.41) is 5.09. The van der Waals surface area contributed by atoms with E-state index in [1.165, 1.54) is 37.4 Å². The lowest BCUT2D eigenvalue weighted by atomic mass is 9.99. The summed E-state index contributed by atoms with van der Waals surface area (Å²) in [7, 11) is -7.15. The normalized spacial score (nSPS) is 14.5. The molecule has 3 N–H and O–H groups in total. The lowest BCUT2D eigenvalue weighted by Gasteiger charge is -2.37. The zero-order chi connectivity index (χ0) is 46.9. The number of nitrogens with zero attached hydrogens (tertiary/aromatic N) is 7. The van der Waals surface area contributed by atoms with Gasteiger partial charge in [0.25, 0.3) is 10.0 Å². The van der Waals surface area contributed by atoms with Crippen molar-refractivity contribution in [1.29, 1.82) is 0 Å². The molecule has 8 rings (SSSR count). The summed E-state index contributed by atoms with van der Waals surface area (Å²) in [4.78, 5) is 42.0. The second-order valence-electron chi connectivity index (χ2n) is 14.6. The number of hydrogen-bond acceptors (Lipinski definition) is 13. The van der Waals surface area contributed by atoms with E-state index in [1.807, 2.05) is 4.83 Å². The third-order valence-corrected chi connectivity index (χ3v) is 12.7. The van der Waals surface area contributed by atoms with Crippen LogP contribution in [0.2, 0.25) is 0 Å². The molecule has 0 spiro atoms. The molecule has 2 aliphatic heterocycles. The molecule has 2 aliphatic rings. The third-order valence-electron chi connectivity index (χ3n) is 10.5. The highest BCUT2D eigenvalue weighted by atomic mass is 32.2. The molecule has 0 saturated carbocycles. The minimum atomic E-state index is -5.10. The number of halogens is 7. The van der Waals surface area contributed by atoms with Crippen LogP contribution in [0.1, 0.15) is 27.9 Å². The fraction of sp³-hybridized carbons (Fsp3) is 0.231. The number of methoxy groups -OCH3 is 2. The number of nitrogens with one attached hydrogen (secondary N) is 1. The van der Waals surface area contributed by atoms with Crippen molar-refractivity contribution in [3.05, 3.63) is 101 Å². The number of carbonyl (C=O) groups excluding carboxylic acids is 2. The first-order chi connectivity index (χ1) is 30.6. The van der Waals surface area contributed by atoms with Gasteiger partial charge in [0.2, 0.25) is 21.8 Å². The Kier molecular flexibility index (Phi) is 11.2. The Morgan fingerprint density at radius 1 is 0.800 bits per heavy atom. The Labute approximate surface area is 362 Å². The van der Waals surface area contributed by atoms with Crippen LogP contribution in [0, 0.1) is 23.3 Å². The summed E-state index contributed by atoms with van der Waals surface area (Å²) in [6, 6.07) is 7.21. The second kappa shape index (κ2) is 16.3. The number of benzene rings is 2. The van der Waals surface area contributed by atoms with Crippen molar-refractivity contribution < 1.29 is 71.3 Å².